The molecule has 0 saturated carbocycles. The lowest BCUT2D eigenvalue weighted by atomic mass is 9.68. The van der Waals surface area contributed by atoms with E-state index in [0.717, 1.165) is 19.3 Å². The van der Waals surface area contributed by atoms with Gasteiger partial charge in [-0.2, -0.15) is 0 Å². The van der Waals surface area contributed by atoms with Crippen molar-refractivity contribution in [2.75, 3.05) is 0 Å². The van der Waals surface area contributed by atoms with Crippen LogP contribution >= 0.6 is 0 Å². The molecule has 0 aromatic heterocycles. The summed E-state index contributed by atoms with van der Waals surface area (Å²) in [7, 11) is 0. The van der Waals surface area contributed by atoms with Crippen LogP contribution in [0.1, 0.15) is 76.3 Å². The third-order valence-electron chi connectivity index (χ3n) is 5.22. The van der Waals surface area contributed by atoms with Crippen molar-refractivity contribution in [3.63, 3.8) is 0 Å². The lowest BCUT2D eigenvalue weighted by Gasteiger charge is -2.35. The summed E-state index contributed by atoms with van der Waals surface area (Å²) in [6.45, 7) is 4.47. The molecule has 0 radical (unpaired) electrons. The van der Waals surface area contributed by atoms with Gasteiger partial charge in [0.05, 0.1) is 0 Å². The Kier molecular flexibility index (Phi) is 7.36. The molecule has 0 fully saturated rings. The Balaban J connectivity index is 2.35. The molecule has 0 saturated heterocycles. The van der Waals surface area contributed by atoms with Crippen molar-refractivity contribution >= 4 is 0 Å². The molecular weight excluding hydrogens is 308 g/mol. The van der Waals surface area contributed by atoms with E-state index in [2.05, 4.69) is 38.1 Å². The van der Waals surface area contributed by atoms with Gasteiger partial charge in [-0.25, -0.2) is 0 Å². The minimum atomic E-state index is -0.0532. The largest absolute Gasteiger partial charge is 0.508 e. The van der Waals surface area contributed by atoms with E-state index in [4.69, 9.17) is 0 Å². The lowest BCUT2D eigenvalue weighted by Crippen LogP contribution is -2.27. The molecule has 0 atom stereocenters. The maximum atomic E-state index is 9.70. The van der Waals surface area contributed by atoms with Gasteiger partial charge in [-0.1, -0.05) is 76.6 Å². The van der Waals surface area contributed by atoms with Gasteiger partial charge >= 0.3 is 0 Å². The molecule has 2 heteroatoms. The highest BCUT2D eigenvalue weighted by Crippen LogP contribution is 2.42. The summed E-state index contributed by atoms with van der Waals surface area (Å²) >= 11 is 0. The number of hydrogen-bond donors (Lipinski definition) is 2. The summed E-state index contributed by atoms with van der Waals surface area (Å²) in [6, 6.07) is 15.4. The predicted octanol–water partition coefficient (Wildman–Crippen LogP) is 6.54. The smallest absolute Gasteiger partial charge is 0.115 e. The quantitative estimate of drug-likeness (QED) is 0.482. The van der Waals surface area contributed by atoms with Gasteiger partial charge in [0, 0.05) is 5.41 Å². The van der Waals surface area contributed by atoms with Gasteiger partial charge < -0.3 is 10.2 Å². The molecule has 0 spiro atoms. The van der Waals surface area contributed by atoms with E-state index in [1.807, 2.05) is 0 Å². The summed E-state index contributed by atoms with van der Waals surface area (Å²) in [5, 5.41) is 19.4. The summed E-state index contributed by atoms with van der Waals surface area (Å²) in [5.74, 6) is 0.616. The molecule has 2 aromatic carbocycles. The Bertz CT molecular complexity index is 568. The van der Waals surface area contributed by atoms with E-state index in [9.17, 15) is 10.2 Å². The van der Waals surface area contributed by atoms with Crippen LogP contribution in [0.5, 0.6) is 11.5 Å². The first-order valence-corrected chi connectivity index (χ1v) is 9.71. The zero-order valence-electron chi connectivity index (χ0n) is 15.7. The molecule has 2 N–H and O–H groups in total. The van der Waals surface area contributed by atoms with Crippen LogP contribution in [0.25, 0.3) is 0 Å². The van der Waals surface area contributed by atoms with Crippen molar-refractivity contribution in [3.8, 4) is 11.5 Å². The third-order valence-corrected chi connectivity index (χ3v) is 5.22. The van der Waals surface area contributed by atoms with Gasteiger partial charge in [0.25, 0.3) is 0 Å². The van der Waals surface area contributed by atoms with Crippen molar-refractivity contribution in [2.24, 2.45) is 0 Å². The molecule has 136 valence electrons. The van der Waals surface area contributed by atoms with E-state index < -0.39 is 0 Å². The molecule has 25 heavy (non-hydrogen) atoms. The number of benzene rings is 2. The summed E-state index contributed by atoms with van der Waals surface area (Å²) < 4.78 is 0. The van der Waals surface area contributed by atoms with Gasteiger partial charge in [0.15, 0.2) is 0 Å². The van der Waals surface area contributed by atoms with Crippen molar-refractivity contribution in [3.05, 3.63) is 59.7 Å². The number of unbranched alkanes of at least 4 members (excludes halogenated alkanes) is 4. The van der Waals surface area contributed by atoms with E-state index >= 15 is 0 Å². The normalized spacial score (nSPS) is 11.6. The molecule has 2 nitrogen and oxygen atoms in total. The first-order chi connectivity index (χ1) is 12.1. The van der Waals surface area contributed by atoms with Gasteiger partial charge in [0.1, 0.15) is 11.5 Å². The zero-order valence-corrected chi connectivity index (χ0v) is 15.7. The molecule has 0 aliphatic carbocycles. The van der Waals surface area contributed by atoms with Crippen LogP contribution in [0.3, 0.4) is 0 Å². The summed E-state index contributed by atoms with van der Waals surface area (Å²) in [4.78, 5) is 0. The fraction of sp³-hybridized carbons (Fsp3) is 0.478. The maximum Gasteiger partial charge on any atom is 0.115 e. The predicted molar refractivity (Wildman–Crippen MR) is 105 cm³/mol. The average Bonchev–Trinajstić information content (AvgIpc) is 2.62. The number of aromatic hydroxyl groups is 2. The van der Waals surface area contributed by atoms with Crippen LogP contribution in [-0.4, -0.2) is 10.2 Å². The van der Waals surface area contributed by atoms with Gasteiger partial charge in [-0.05, 0) is 48.2 Å². The van der Waals surface area contributed by atoms with E-state index in [1.165, 1.54) is 43.2 Å². The first kappa shape index (κ1) is 19.4. The number of hydrogen-bond acceptors (Lipinski definition) is 2. The second-order valence-corrected chi connectivity index (χ2v) is 7.09. The highest BCUT2D eigenvalue weighted by atomic mass is 16.3. The Morgan fingerprint density at radius 2 is 1.08 bits per heavy atom. The molecule has 0 amide bonds. The Labute approximate surface area is 152 Å². The molecule has 2 aromatic rings. The highest BCUT2D eigenvalue weighted by Gasteiger charge is 2.32. The Morgan fingerprint density at radius 3 is 1.52 bits per heavy atom. The number of phenols is 2. The standard InChI is InChI=1S/C23H32O2/c1-3-5-6-7-8-18-23(17-4-2,19-9-13-21(24)14-10-19)20-11-15-22(25)16-12-20/h9-16,24-25H,3-8,17-18H2,1-2H3. The molecule has 0 heterocycles. The Hall–Kier alpha value is -1.96. The minimum Gasteiger partial charge on any atom is -0.508 e. The van der Waals surface area contributed by atoms with Crippen LogP contribution in [0.4, 0.5) is 0 Å². The van der Waals surface area contributed by atoms with Crippen molar-refractivity contribution in [2.45, 2.75) is 70.6 Å². The monoisotopic (exact) mass is 340 g/mol. The van der Waals surface area contributed by atoms with Crippen molar-refractivity contribution in [1.82, 2.24) is 0 Å². The van der Waals surface area contributed by atoms with Crippen LogP contribution in [-0.2, 0) is 5.41 Å². The maximum absolute atomic E-state index is 9.70. The Morgan fingerprint density at radius 1 is 0.600 bits per heavy atom. The van der Waals surface area contributed by atoms with Crippen molar-refractivity contribution in [1.29, 1.82) is 0 Å². The first-order valence-electron chi connectivity index (χ1n) is 9.71. The molecule has 0 unspecified atom stereocenters. The number of rotatable bonds is 10. The minimum absolute atomic E-state index is 0.0532. The second kappa shape index (κ2) is 9.50. The summed E-state index contributed by atoms with van der Waals surface area (Å²) in [6.07, 6.45) is 9.57. The zero-order chi connectivity index (χ0) is 18.1. The molecule has 0 bridgehead atoms. The van der Waals surface area contributed by atoms with Gasteiger partial charge in [-0.15, -0.1) is 0 Å². The molecule has 2 rings (SSSR count). The fourth-order valence-electron chi connectivity index (χ4n) is 3.89. The van der Waals surface area contributed by atoms with Gasteiger partial charge in [0.2, 0.25) is 0 Å². The molecular formula is C23H32O2. The molecule has 0 aliphatic rings. The van der Waals surface area contributed by atoms with Crippen LogP contribution in [0.15, 0.2) is 48.5 Å². The molecule has 0 aliphatic heterocycles. The topological polar surface area (TPSA) is 40.5 Å². The summed E-state index contributed by atoms with van der Waals surface area (Å²) in [5.41, 5.74) is 2.46. The average molecular weight is 341 g/mol. The van der Waals surface area contributed by atoms with Gasteiger partial charge in [-0.3, -0.25) is 0 Å². The van der Waals surface area contributed by atoms with Crippen LogP contribution in [0.2, 0.25) is 0 Å². The number of phenolic OH excluding ortho intramolecular Hbond substituents is 2. The highest BCUT2D eigenvalue weighted by molar-refractivity contribution is 5.43. The van der Waals surface area contributed by atoms with E-state index in [-0.39, 0.29) is 5.41 Å². The van der Waals surface area contributed by atoms with Crippen LogP contribution in [0, 0.1) is 0 Å². The van der Waals surface area contributed by atoms with Crippen LogP contribution < -0.4 is 0 Å². The third kappa shape index (κ3) is 5.01. The van der Waals surface area contributed by atoms with Crippen molar-refractivity contribution < 1.29 is 10.2 Å². The SMILES string of the molecule is CCCCCCCC(CCC)(c1ccc(O)cc1)c1ccc(O)cc1. The fourth-order valence-corrected chi connectivity index (χ4v) is 3.89. The van der Waals surface area contributed by atoms with E-state index in [1.54, 1.807) is 24.3 Å². The second-order valence-electron chi connectivity index (χ2n) is 7.09. The lowest BCUT2D eigenvalue weighted by molar-refractivity contribution is 0.404. The van der Waals surface area contributed by atoms with E-state index in [0.29, 0.717) is 11.5 Å².